The zero-order valence-corrected chi connectivity index (χ0v) is 12.1. The van der Waals surface area contributed by atoms with E-state index in [1.807, 2.05) is 12.1 Å². The van der Waals surface area contributed by atoms with Gasteiger partial charge in [0.25, 0.3) is 5.91 Å². The Morgan fingerprint density at radius 3 is 3.19 bits per heavy atom. The SMILES string of the molecule is COc1cccc(NC(=O)C2=C[NH+]3CN(Cl)C=CC3=N2)c1. The van der Waals surface area contributed by atoms with Gasteiger partial charge in [-0.1, -0.05) is 6.07 Å². The number of nitrogens with one attached hydrogen (secondary N) is 2. The fourth-order valence-corrected chi connectivity index (χ4v) is 2.31. The summed E-state index contributed by atoms with van der Waals surface area (Å²) in [5.41, 5.74) is 1.04. The van der Waals surface area contributed by atoms with Gasteiger partial charge in [-0.3, -0.25) is 4.79 Å². The molecule has 1 aromatic carbocycles. The van der Waals surface area contributed by atoms with Crippen molar-refractivity contribution in [2.24, 2.45) is 4.99 Å². The Bertz CT molecular complexity index is 669. The van der Waals surface area contributed by atoms with E-state index in [-0.39, 0.29) is 5.91 Å². The number of anilines is 1. The van der Waals surface area contributed by atoms with E-state index in [0.29, 0.717) is 23.8 Å². The summed E-state index contributed by atoms with van der Waals surface area (Å²) in [5, 5.41) is 2.80. The van der Waals surface area contributed by atoms with Crippen molar-refractivity contribution in [3.63, 3.8) is 0 Å². The highest BCUT2D eigenvalue weighted by molar-refractivity contribution is 6.14. The van der Waals surface area contributed by atoms with Crippen LogP contribution < -0.4 is 15.0 Å². The molecule has 3 rings (SSSR count). The Morgan fingerprint density at radius 2 is 2.38 bits per heavy atom. The summed E-state index contributed by atoms with van der Waals surface area (Å²) in [4.78, 5) is 17.5. The maximum atomic E-state index is 12.2. The lowest BCUT2D eigenvalue weighted by molar-refractivity contribution is -0.754. The van der Waals surface area contributed by atoms with E-state index in [1.54, 1.807) is 37.7 Å². The zero-order valence-electron chi connectivity index (χ0n) is 11.3. The first-order chi connectivity index (χ1) is 10.2. The third-order valence-corrected chi connectivity index (χ3v) is 3.39. The van der Waals surface area contributed by atoms with Gasteiger partial charge in [0.15, 0.2) is 12.4 Å². The lowest BCUT2D eigenvalue weighted by Gasteiger charge is -2.19. The Labute approximate surface area is 127 Å². The number of carbonyl (C=O) groups excluding carboxylic acids is 1. The van der Waals surface area contributed by atoms with Crippen molar-refractivity contribution in [1.29, 1.82) is 0 Å². The van der Waals surface area contributed by atoms with Gasteiger partial charge >= 0.3 is 0 Å². The number of nitrogens with zero attached hydrogens (tertiary/aromatic N) is 2. The van der Waals surface area contributed by atoms with Gasteiger partial charge in [0.1, 0.15) is 11.9 Å². The number of rotatable bonds is 3. The minimum atomic E-state index is -0.257. The molecule has 0 aliphatic carbocycles. The van der Waals surface area contributed by atoms with E-state index >= 15 is 0 Å². The molecule has 2 N–H and O–H groups in total. The second-order valence-electron chi connectivity index (χ2n) is 4.61. The monoisotopic (exact) mass is 305 g/mol. The van der Waals surface area contributed by atoms with E-state index in [2.05, 4.69) is 10.3 Å². The van der Waals surface area contributed by atoms with Crippen LogP contribution in [0, 0.1) is 0 Å². The molecule has 0 aromatic heterocycles. The van der Waals surface area contributed by atoms with Crippen LogP contribution in [0.3, 0.4) is 0 Å². The van der Waals surface area contributed by atoms with Gasteiger partial charge in [-0.15, -0.1) is 0 Å². The van der Waals surface area contributed by atoms with Gasteiger partial charge in [0.05, 0.1) is 7.11 Å². The Hall–Kier alpha value is -2.31. The van der Waals surface area contributed by atoms with E-state index in [1.165, 1.54) is 4.42 Å². The number of benzene rings is 1. The topological polar surface area (TPSA) is 58.4 Å². The van der Waals surface area contributed by atoms with Crippen LogP contribution in [-0.4, -0.2) is 29.9 Å². The minimum absolute atomic E-state index is 0.257. The quantitative estimate of drug-likeness (QED) is 0.809. The lowest BCUT2D eigenvalue weighted by atomic mass is 10.3. The molecule has 1 aromatic rings. The number of amidine groups is 1. The summed E-state index contributed by atoms with van der Waals surface area (Å²) < 4.78 is 6.65. The largest absolute Gasteiger partial charge is 0.497 e. The Kier molecular flexibility index (Phi) is 3.64. The molecule has 21 heavy (non-hydrogen) atoms. The first-order valence-corrected chi connectivity index (χ1v) is 6.72. The highest BCUT2D eigenvalue weighted by atomic mass is 35.5. The number of amides is 1. The molecule has 0 spiro atoms. The van der Waals surface area contributed by atoms with Crippen LogP contribution in [0.2, 0.25) is 0 Å². The van der Waals surface area contributed by atoms with E-state index in [9.17, 15) is 4.79 Å². The average molecular weight is 306 g/mol. The highest BCUT2D eigenvalue weighted by Gasteiger charge is 2.29. The highest BCUT2D eigenvalue weighted by Crippen LogP contribution is 2.17. The Balaban J connectivity index is 1.73. The van der Waals surface area contributed by atoms with Crippen LogP contribution in [0.15, 0.2) is 53.4 Å². The van der Waals surface area contributed by atoms with Crippen LogP contribution in [0.1, 0.15) is 0 Å². The van der Waals surface area contributed by atoms with Crippen molar-refractivity contribution in [3.05, 3.63) is 48.4 Å². The van der Waals surface area contributed by atoms with Crippen molar-refractivity contribution in [1.82, 2.24) is 4.42 Å². The molecule has 6 nitrogen and oxygen atoms in total. The normalized spacial score (nSPS) is 19.7. The Morgan fingerprint density at radius 1 is 1.52 bits per heavy atom. The maximum Gasteiger partial charge on any atom is 0.280 e. The first-order valence-electron chi connectivity index (χ1n) is 6.38. The van der Waals surface area contributed by atoms with Gasteiger partial charge in [-0.05, 0) is 12.1 Å². The van der Waals surface area contributed by atoms with Crippen LogP contribution >= 0.6 is 11.8 Å². The van der Waals surface area contributed by atoms with Crippen LogP contribution in [0.25, 0.3) is 0 Å². The summed E-state index contributed by atoms with van der Waals surface area (Å²) >= 11 is 5.90. The number of ether oxygens (including phenoxy) is 1. The number of methoxy groups -OCH3 is 1. The molecular weight excluding hydrogens is 292 g/mol. The number of aliphatic imine (C=N–C) groups is 1. The van der Waals surface area contributed by atoms with Crippen molar-refractivity contribution in [2.45, 2.75) is 0 Å². The van der Waals surface area contributed by atoms with Crippen molar-refractivity contribution < 1.29 is 14.4 Å². The van der Waals surface area contributed by atoms with Crippen molar-refractivity contribution >= 4 is 29.2 Å². The van der Waals surface area contributed by atoms with Gasteiger partial charge in [0, 0.05) is 35.8 Å². The molecule has 1 unspecified atom stereocenters. The van der Waals surface area contributed by atoms with Crippen molar-refractivity contribution in [2.75, 3.05) is 19.1 Å². The zero-order chi connectivity index (χ0) is 14.8. The molecule has 0 saturated carbocycles. The summed E-state index contributed by atoms with van der Waals surface area (Å²) in [6.07, 6.45) is 5.26. The molecule has 2 heterocycles. The number of hydrogen-bond acceptors (Lipinski definition) is 4. The average Bonchev–Trinajstić information content (AvgIpc) is 2.90. The number of carbonyl (C=O) groups is 1. The second-order valence-corrected chi connectivity index (χ2v) is 5.05. The van der Waals surface area contributed by atoms with E-state index in [0.717, 1.165) is 10.7 Å². The van der Waals surface area contributed by atoms with Gasteiger partial charge < -0.3 is 10.1 Å². The third-order valence-electron chi connectivity index (χ3n) is 3.16. The summed E-state index contributed by atoms with van der Waals surface area (Å²) in [5.74, 6) is 1.21. The summed E-state index contributed by atoms with van der Waals surface area (Å²) in [6, 6.07) is 7.17. The van der Waals surface area contributed by atoms with Gasteiger partial charge in [-0.2, -0.15) is 4.99 Å². The molecule has 0 radical (unpaired) electrons. The van der Waals surface area contributed by atoms with E-state index < -0.39 is 0 Å². The number of halogens is 1. The third kappa shape index (κ3) is 2.91. The smallest absolute Gasteiger partial charge is 0.280 e. The first kappa shape index (κ1) is 13.7. The van der Waals surface area contributed by atoms with Crippen LogP contribution in [-0.2, 0) is 4.79 Å². The molecule has 0 bridgehead atoms. The molecule has 108 valence electrons. The number of fused-ring (bicyclic) bond motifs is 1. The predicted octanol–water partition coefficient (Wildman–Crippen LogP) is 0.713. The maximum absolute atomic E-state index is 12.2. The van der Waals surface area contributed by atoms with Crippen LogP contribution in [0.5, 0.6) is 5.75 Å². The fourth-order valence-electron chi connectivity index (χ4n) is 2.12. The lowest BCUT2D eigenvalue weighted by Crippen LogP contribution is -3.11. The summed E-state index contributed by atoms with van der Waals surface area (Å²) in [7, 11) is 1.58. The fraction of sp³-hybridized carbons (Fsp3) is 0.143. The summed E-state index contributed by atoms with van der Waals surface area (Å²) in [6.45, 7) is 0.535. The molecule has 1 amide bonds. The number of hydrogen-bond donors (Lipinski definition) is 2. The standard InChI is InChI=1S/C14H13ClN4O2/c1-21-11-4-2-3-10(7-11)16-14(20)12-8-18-9-19(15)6-5-13(18)17-12/h2-8H,9H2,1H3,(H,16,20)/p+1. The van der Waals surface area contributed by atoms with Crippen LogP contribution in [0.4, 0.5) is 5.69 Å². The van der Waals surface area contributed by atoms with Gasteiger partial charge in [-0.25, -0.2) is 9.32 Å². The predicted molar refractivity (Wildman–Crippen MR) is 79.8 cm³/mol. The molecule has 7 heteroatoms. The molecule has 0 saturated heterocycles. The second kappa shape index (κ2) is 5.59. The van der Waals surface area contributed by atoms with Crippen molar-refractivity contribution in [3.8, 4) is 5.75 Å². The molecule has 2 aliphatic heterocycles. The number of quaternary nitrogens is 1. The van der Waals surface area contributed by atoms with E-state index in [4.69, 9.17) is 16.5 Å². The molecule has 2 aliphatic rings. The van der Waals surface area contributed by atoms with Gasteiger partial charge in [0.2, 0.25) is 5.84 Å². The minimum Gasteiger partial charge on any atom is -0.497 e. The molecule has 0 fully saturated rings. The molecule has 1 atom stereocenters. The molecular formula is C14H14ClN4O2+.